The Kier molecular flexibility index (Phi) is 11.4. The molecule has 0 heterocycles. The van der Waals surface area contributed by atoms with Crippen molar-refractivity contribution in [2.75, 3.05) is 0 Å². The Morgan fingerprint density at radius 2 is 0.273 bits per heavy atom. The summed E-state index contributed by atoms with van der Waals surface area (Å²) in [6.45, 7) is 0. The lowest BCUT2D eigenvalue weighted by Crippen LogP contribution is -1.92. The Morgan fingerprint density at radius 1 is 0.102 bits per heavy atom. The monoisotopic (exact) mass is 1110 g/mol. The molecular weight excluding hydrogens is 1060 g/mol. The van der Waals surface area contributed by atoms with E-state index >= 15 is 0 Å². The quantitative estimate of drug-likeness (QED) is 0.140. The van der Waals surface area contributed by atoms with E-state index in [4.69, 9.17) is 0 Å². The standard InChI is InChI=1S/C88H54/c1-5-17-59-49-73(37-25-55(59)13-1)85-77-21-9-11-23-79(77)87(75-39-27-57-15-3-7-19-61(57)51-75)83-53-71(41-43-81(83)85)69-35-33-65-45-63(29-31-67(65)47-69)64-30-32-68-48-70(36-34-66(68)46-64)72-42-44-82-84(54-72)88(76-40-28-58-16-4-8-20-62(58)52-76)80-24-12-10-22-78(80)86(82)74-38-26-56-14-2-6-18-60(56)50-74/h1-54H. The number of rotatable bonds is 7. The molecule has 0 bridgehead atoms. The molecule has 0 aromatic heterocycles. The lowest BCUT2D eigenvalue weighted by Gasteiger charge is -2.19. The molecule has 18 aromatic carbocycles. The first-order valence-corrected chi connectivity index (χ1v) is 30.6. The molecule has 0 atom stereocenters. The van der Waals surface area contributed by atoms with Crippen LogP contribution in [0.5, 0.6) is 0 Å². The predicted molar refractivity (Wildman–Crippen MR) is 380 cm³/mol. The smallest absolute Gasteiger partial charge is 0.00259 e. The lowest BCUT2D eigenvalue weighted by molar-refractivity contribution is 1.64. The number of hydrogen-bond acceptors (Lipinski definition) is 0. The van der Waals surface area contributed by atoms with Crippen LogP contribution in [0.1, 0.15) is 0 Å². The second kappa shape index (κ2) is 20.1. The van der Waals surface area contributed by atoms with Gasteiger partial charge >= 0.3 is 0 Å². The molecule has 406 valence electrons. The maximum Gasteiger partial charge on any atom is -0.00259 e. The highest BCUT2D eigenvalue weighted by Crippen LogP contribution is 2.48. The van der Waals surface area contributed by atoms with Gasteiger partial charge in [0.1, 0.15) is 0 Å². The fourth-order valence-electron chi connectivity index (χ4n) is 14.5. The molecule has 0 N–H and O–H groups in total. The molecule has 0 heteroatoms. The van der Waals surface area contributed by atoms with Gasteiger partial charge < -0.3 is 0 Å². The van der Waals surface area contributed by atoms with Crippen LogP contribution in [0.15, 0.2) is 328 Å². The van der Waals surface area contributed by atoms with Gasteiger partial charge in [0, 0.05) is 0 Å². The molecular formula is C88H54. The van der Waals surface area contributed by atoms with Crippen LogP contribution in [-0.4, -0.2) is 0 Å². The van der Waals surface area contributed by atoms with E-state index in [1.165, 1.54) is 186 Å². The molecule has 0 aliphatic carbocycles. The molecule has 0 spiro atoms. The van der Waals surface area contributed by atoms with Gasteiger partial charge in [0.2, 0.25) is 0 Å². The van der Waals surface area contributed by atoms with Gasteiger partial charge in [-0.25, -0.2) is 0 Å². The topological polar surface area (TPSA) is 0 Å². The van der Waals surface area contributed by atoms with Crippen molar-refractivity contribution in [1.82, 2.24) is 0 Å². The molecule has 0 amide bonds. The summed E-state index contributed by atoms with van der Waals surface area (Å²) in [5, 5.41) is 24.8. The number of benzene rings is 18. The molecule has 0 aliphatic heterocycles. The van der Waals surface area contributed by atoms with Crippen molar-refractivity contribution < 1.29 is 0 Å². The van der Waals surface area contributed by atoms with Crippen molar-refractivity contribution in [2.45, 2.75) is 0 Å². The third kappa shape index (κ3) is 8.29. The summed E-state index contributed by atoms with van der Waals surface area (Å²) in [4.78, 5) is 0. The maximum atomic E-state index is 2.45. The van der Waals surface area contributed by atoms with Crippen molar-refractivity contribution in [3.05, 3.63) is 328 Å². The Bertz CT molecular complexity index is 5570. The van der Waals surface area contributed by atoms with Crippen LogP contribution in [-0.2, 0) is 0 Å². The minimum Gasteiger partial charge on any atom is -0.0616 e. The highest BCUT2D eigenvalue weighted by atomic mass is 14.2. The summed E-state index contributed by atoms with van der Waals surface area (Å²) in [6, 6.07) is 123. The first kappa shape index (κ1) is 49.9. The Labute approximate surface area is 510 Å². The Hall–Kier alpha value is -11.4. The summed E-state index contributed by atoms with van der Waals surface area (Å²) in [5.74, 6) is 0. The molecule has 0 saturated heterocycles. The van der Waals surface area contributed by atoms with E-state index in [1.807, 2.05) is 0 Å². The lowest BCUT2D eigenvalue weighted by atomic mass is 9.84. The van der Waals surface area contributed by atoms with Gasteiger partial charge in [0.05, 0.1) is 0 Å². The molecule has 0 saturated carbocycles. The van der Waals surface area contributed by atoms with Gasteiger partial charge in [-0.2, -0.15) is 0 Å². The van der Waals surface area contributed by atoms with Gasteiger partial charge in [0.15, 0.2) is 0 Å². The highest BCUT2D eigenvalue weighted by molar-refractivity contribution is 6.24. The van der Waals surface area contributed by atoms with Crippen molar-refractivity contribution in [2.24, 2.45) is 0 Å². The Morgan fingerprint density at radius 3 is 0.557 bits per heavy atom. The summed E-state index contributed by atoms with van der Waals surface area (Å²) < 4.78 is 0. The third-order valence-corrected chi connectivity index (χ3v) is 18.9. The second-order valence-corrected chi connectivity index (χ2v) is 23.9. The molecule has 0 nitrogen and oxygen atoms in total. The fourth-order valence-corrected chi connectivity index (χ4v) is 14.5. The summed E-state index contributed by atoms with van der Waals surface area (Å²) in [5.41, 5.74) is 17.2. The molecule has 18 aromatic rings. The first-order valence-electron chi connectivity index (χ1n) is 30.6. The summed E-state index contributed by atoms with van der Waals surface area (Å²) >= 11 is 0. The largest absolute Gasteiger partial charge is 0.0616 e. The predicted octanol–water partition coefficient (Wildman–Crippen LogP) is 24.9. The van der Waals surface area contributed by atoms with E-state index in [1.54, 1.807) is 0 Å². The van der Waals surface area contributed by atoms with E-state index < -0.39 is 0 Å². The molecule has 0 fully saturated rings. The van der Waals surface area contributed by atoms with Crippen LogP contribution in [0.3, 0.4) is 0 Å². The zero-order chi connectivity index (χ0) is 57.8. The SMILES string of the molecule is c1ccc2cc(-c3c4ccccc4c(-c4ccc5ccccc5c4)c4cc(-c5ccc6cc(-c7ccc8cc(-c9ccc%10c(-c%11ccc%12ccccc%12c%11)c%11ccccc%11c(-c%11ccc%12ccccc%12c%11)c%10c9)ccc8c7)ccc6c5)ccc34)ccc2c1. The normalized spacial score (nSPS) is 11.9. The second-order valence-electron chi connectivity index (χ2n) is 23.9. The van der Waals surface area contributed by atoms with E-state index in [0.29, 0.717) is 0 Å². The first-order chi connectivity index (χ1) is 43.6. The molecule has 18 rings (SSSR count). The van der Waals surface area contributed by atoms with Gasteiger partial charge in [0.25, 0.3) is 0 Å². The van der Waals surface area contributed by atoms with E-state index in [2.05, 4.69) is 328 Å². The van der Waals surface area contributed by atoms with Crippen molar-refractivity contribution in [3.8, 4) is 77.9 Å². The summed E-state index contributed by atoms with van der Waals surface area (Å²) in [7, 11) is 0. The van der Waals surface area contributed by atoms with Gasteiger partial charge in [-0.1, -0.05) is 267 Å². The molecule has 88 heavy (non-hydrogen) atoms. The minimum atomic E-state index is 1.20. The fraction of sp³-hybridized carbons (Fsp3) is 0. The van der Waals surface area contributed by atoms with Crippen LogP contribution in [0, 0.1) is 0 Å². The van der Waals surface area contributed by atoms with E-state index in [-0.39, 0.29) is 0 Å². The number of hydrogen-bond donors (Lipinski definition) is 0. The van der Waals surface area contributed by atoms with Gasteiger partial charge in [-0.3, -0.25) is 0 Å². The zero-order valence-corrected chi connectivity index (χ0v) is 48.2. The van der Waals surface area contributed by atoms with Gasteiger partial charge in [-0.15, -0.1) is 0 Å². The average molecular weight is 1110 g/mol. The molecule has 0 radical (unpaired) electrons. The average Bonchev–Trinajstić information content (AvgIpc) is 0.873. The van der Waals surface area contributed by atoms with Crippen LogP contribution in [0.25, 0.3) is 186 Å². The zero-order valence-electron chi connectivity index (χ0n) is 48.2. The van der Waals surface area contributed by atoms with Crippen molar-refractivity contribution in [1.29, 1.82) is 0 Å². The van der Waals surface area contributed by atoms with E-state index in [0.717, 1.165) is 0 Å². The molecule has 0 aliphatic rings. The molecule has 0 unspecified atom stereocenters. The number of fused-ring (bicyclic) bond motifs is 10. The highest BCUT2D eigenvalue weighted by Gasteiger charge is 2.21. The van der Waals surface area contributed by atoms with E-state index in [9.17, 15) is 0 Å². The third-order valence-electron chi connectivity index (χ3n) is 18.9. The van der Waals surface area contributed by atoms with Crippen LogP contribution in [0.2, 0.25) is 0 Å². The maximum absolute atomic E-state index is 2.45. The van der Waals surface area contributed by atoms with Crippen LogP contribution >= 0.6 is 0 Å². The Balaban J connectivity index is 0.714. The van der Waals surface area contributed by atoms with Crippen molar-refractivity contribution in [3.63, 3.8) is 0 Å². The summed E-state index contributed by atoms with van der Waals surface area (Å²) in [6.07, 6.45) is 0. The van der Waals surface area contributed by atoms with Gasteiger partial charge in [-0.05, 0) is 246 Å². The minimum absolute atomic E-state index is 1.20. The van der Waals surface area contributed by atoms with Crippen LogP contribution in [0.4, 0.5) is 0 Å². The van der Waals surface area contributed by atoms with Crippen LogP contribution < -0.4 is 0 Å². The van der Waals surface area contributed by atoms with Crippen molar-refractivity contribution >= 4 is 108 Å².